The lowest BCUT2D eigenvalue weighted by atomic mass is 10.2. The molecule has 1 aromatic heterocycles. The van der Waals surface area contributed by atoms with E-state index in [0.717, 1.165) is 17.0 Å². The molecule has 0 atom stereocenters. The number of aromatic nitrogens is 1. The molecule has 0 aliphatic rings. The van der Waals surface area contributed by atoms with Crippen LogP contribution in [0.5, 0.6) is 0 Å². The van der Waals surface area contributed by atoms with E-state index in [1.54, 1.807) is 29.9 Å². The third-order valence-electron chi connectivity index (χ3n) is 3.57. The number of nitro groups is 1. The first-order valence-corrected chi connectivity index (χ1v) is 8.66. The molecule has 24 heavy (non-hydrogen) atoms. The van der Waals surface area contributed by atoms with Crippen LogP contribution in [-0.2, 0) is 17.1 Å². The van der Waals surface area contributed by atoms with Crippen molar-refractivity contribution in [2.75, 3.05) is 4.72 Å². The highest BCUT2D eigenvalue weighted by molar-refractivity contribution is 7.92. The van der Waals surface area contributed by atoms with Crippen LogP contribution in [0.25, 0.3) is 10.9 Å². The fourth-order valence-corrected chi connectivity index (χ4v) is 3.70. The zero-order valence-electron chi connectivity index (χ0n) is 12.4. The van der Waals surface area contributed by atoms with Gasteiger partial charge < -0.3 is 4.57 Å². The number of nitrogens with zero attached hydrogens (tertiary/aromatic N) is 2. The van der Waals surface area contributed by atoms with Gasteiger partial charge in [-0.15, -0.1) is 0 Å². The number of fused-ring (bicyclic) bond motifs is 1. The van der Waals surface area contributed by atoms with Gasteiger partial charge in [0, 0.05) is 30.2 Å². The van der Waals surface area contributed by atoms with Crippen LogP contribution in [0.2, 0.25) is 5.02 Å². The lowest BCUT2D eigenvalue weighted by molar-refractivity contribution is -0.384. The first-order valence-electron chi connectivity index (χ1n) is 6.80. The van der Waals surface area contributed by atoms with Gasteiger partial charge in [0.1, 0.15) is 5.02 Å². The van der Waals surface area contributed by atoms with Crippen molar-refractivity contribution in [3.05, 3.63) is 63.8 Å². The number of para-hydroxylation sites is 1. The number of hydrogen-bond donors (Lipinski definition) is 1. The predicted molar refractivity (Wildman–Crippen MR) is 91.8 cm³/mol. The monoisotopic (exact) mass is 365 g/mol. The van der Waals surface area contributed by atoms with E-state index < -0.39 is 20.6 Å². The Hall–Kier alpha value is -2.58. The van der Waals surface area contributed by atoms with E-state index in [1.165, 1.54) is 12.1 Å². The summed E-state index contributed by atoms with van der Waals surface area (Å²) in [4.78, 5) is 9.99. The quantitative estimate of drug-likeness (QED) is 0.565. The van der Waals surface area contributed by atoms with Crippen LogP contribution in [0, 0.1) is 10.1 Å². The summed E-state index contributed by atoms with van der Waals surface area (Å²) >= 11 is 5.72. The second kappa shape index (κ2) is 5.81. The predicted octanol–water partition coefficient (Wildman–Crippen LogP) is 3.54. The number of anilines is 1. The van der Waals surface area contributed by atoms with Gasteiger partial charge >= 0.3 is 0 Å². The molecule has 0 radical (unpaired) electrons. The van der Waals surface area contributed by atoms with Gasteiger partial charge in [-0.3, -0.25) is 14.8 Å². The van der Waals surface area contributed by atoms with Crippen LogP contribution in [0.1, 0.15) is 0 Å². The minimum atomic E-state index is -3.99. The maximum absolute atomic E-state index is 12.6. The van der Waals surface area contributed by atoms with Crippen LogP contribution in [-0.4, -0.2) is 17.9 Å². The first kappa shape index (κ1) is 16.3. The summed E-state index contributed by atoms with van der Waals surface area (Å²) in [5, 5.41) is 11.5. The highest BCUT2D eigenvalue weighted by Gasteiger charge is 2.22. The van der Waals surface area contributed by atoms with Gasteiger partial charge in [0.15, 0.2) is 0 Å². The van der Waals surface area contributed by atoms with Crippen molar-refractivity contribution in [1.82, 2.24) is 4.57 Å². The molecule has 0 unspecified atom stereocenters. The van der Waals surface area contributed by atoms with Gasteiger partial charge in [0.05, 0.1) is 15.5 Å². The summed E-state index contributed by atoms with van der Waals surface area (Å²) in [5.41, 5.74) is 0.792. The Labute approximate surface area is 142 Å². The Kier molecular flexibility index (Phi) is 3.94. The molecule has 2 aromatic carbocycles. The fourth-order valence-electron chi connectivity index (χ4n) is 2.43. The Morgan fingerprint density at radius 2 is 1.92 bits per heavy atom. The second-order valence-corrected chi connectivity index (χ2v) is 7.24. The third kappa shape index (κ3) is 2.81. The first-order chi connectivity index (χ1) is 11.3. The number of hydrogen-bond acceptors (Lipinski definition) is 4. The van der Waals surface area contributed by atoms with E-state index in [0.29, 0.717) is 5.69 Å². The van der Waals surface area contributed by atoms with Gasteiger partial charge in [0.2, 0.25) is 0 Å². The van der Waals surface area contributed by atoms with E-state index >= 15 is 0 Å². The highest BCUT2D eigenvalue weighted by atomic mass is 35.5. The molecule has 124 valence electrons. The molecule has 0 aliphatic carbocycles. The number of sulfonamides is 1. The minimum absolute atomic E-state index is 0.121. The average Bonchev–Trinajstić information content (AvgIpc) is 2.83. The smallest absolute Gasteiger partial charge is 0.289 e. The van der Waals surface area contributed by atoms with Crippen LogP contribution in [0.3, 0.4) is 0 Å². The van der Waals surface area contributed by atoms with Crippen molar-refractivity contribution in [1.29, 1.82) is 0 Å². The highest BCUT2D eigenvalue weighted by Crippen LogP contribution is 2.30. The molecule has 0 aliphatic heterocycles. The van der Waals surface area contributed by atoms with Crippen molar-refractivity contribution >= 4 is 43.9 Å². The molecular weight excluding hydrogens is 354 g/mol. The van der Waals surface area contributed by atoms with E-state index in [-0.39, 0.29) is 9.92 Å². The molecule has 0 fully saturated rings. The number of benzene rings is 2. The molecular formula is C15H12ClN3O4S. The topological polar surface area (TPSA) is 94.2 Å². The van der Waals surface area contributed by atoms with E-state index in [1.807, 2.05) is 12.1 Å². The van der Waals surface area contributed by atoms with Crippen molar-refractivity contribution < 1.29 is 13.3 Å². The Morgan fingerprint density at radius 3 is 2.62 bits per heavy atom. The Bertz CT molecular complexity index is 1060. The lowest BCUT2D eigenvalue weighted by Crippen LogP contribution is -2.13. The molecule has 1 N–H and O–H groups in total. The standard InChI is InChI=1S/C15H12ClN3O4S/c1-18-9-13(11-4-2-3-5-14(11)18)17-24(22,23)10-6-7-12(16)15(8-10)19(20)21/h2-9,17H,1H3. The van der Waals surface area contributed by atoms with E-state index in [4.69, 9.17) is 11.6 Å². The summed E-state index contributed by atoms with van der Waals surface area (Å²) in [7, 11) is -2.19. The van der Waals surface area contributed by atoms with Crippen molar-refractivity contribution in [2.45, 2.75) is 4.90 Å². The molecule has 0 spiro atoms. The normalized spacial score (nSPS) is 11.6. The second-order valence-electron chi connectivity index (χ2n) is 5.15. The van der Waals surface area contributed by atoms with Crippen molar-refractivity contribution in [3.63, 3.8) is 0 Å². The number of aryl methyl sites for hydroxylation is 1. The zero-order chi connectivity index (χ0) is 17.5. The van der Waals surface area contributed by atoms with Gasteiger partial charge in [-0.05, 0) is 18.2 Å². The summed E-state index contributed by atoms with van der Waals surface area (Å²) in [6.07, 6.45) is 1.65. The van der Waals surface area contributed by atoms with Gasteiger partial charge in [-0.1, -0.05) is 29.8 Å². The maximum atomic E-state index is 12.6. The van der Waals surface area contributed by atoms with E-state index in [2.05, 4.69) is 4.72 Å². The van der Waals surface area contributed by atoms with Crippen LogP contribution < -0.4 is 4.72 Å². The van der Waals surface area contributed by atoms with Crippen LogP contribution in [0.15, 0.2) is 53.6 Å². The molecule has 3 aromatic rings. The molecule has 1 heterocycles. The molecule has 0 saturated heterocycles. The molecule has 0 bridgehead atoms. The zero-order valence-corrected chi connectivity index (χ0v) is 14.0. The summed E-state index contributed by atoms with van der Waals surface area (Å²) in [6.45, 7) is 0. The summed E-state index contributed by atoms with van der Waals surface area (Å²) < 4.78 is 29.4. The number of rotatable bonds is 4. The Morgan fingerprint density at radius 1 is 1.21 bits per heavy atom. The van der Waals surface area contributed by atoms with Gasteiger partial charge in [-0.25, -0.2) is 8.42 Å². The van der Waals surface area contributed by atoms with Crippen molar-refractivity contribution in [2.24, 2.45) is 7.05 Å². The summed E-state index contributed by atoms with van der Waals surface area (Å²) in [5.74, 6) is 0. The number of nitrogens with one attached hydrogen (secondary N) is 1. The molecule has 0 saturated carbocycles. The Balaban J connectivity index is 2.05. The maximum Gasteiger partial charge on any atom is 0.289 e. The van der Waals surface area contributed by atoms with Gasteiger partial charge in [0.25, 0.3) is 15.7 Å². The number of nitro benzene ring substituents is 1. The van der Waals surface area contributed by atoms with Crippen LogP contribution in [0.4, 0.5) is 11.4 Å². The third-order valence-corrected chi connectivity index (χ3v) is 5.25. The fraction of sp³-hybridized carbons (Fsp3) is 0.0667. The number of halogens is 1. The SMILES string of the molecule is Cn1cc(NS(=O)(=O)c2ccc(Cl)c([N+](=O)[O-])c2)c2ccccc21. The minimum Gasteiger partial charge on any atom is -0.348 e. The molecule has 0 amide bonds. The van der Waals surface area contributed by atoms with E-state index in [9.17, 15) is 18.5 Å². The van der Waals surface area contributed by atoms with Crippen LogP contribution >= 0.6 is 11.6 Å². The largest absolute Gasteiger partial charge is 0.348 e. The lowest BCUT2D eigenvalue weighted by Gasteiger charge is -2.07. The average molecular weight is 366 g/mol. The molecule has 9 heteroatoms. The summed E-state index contributed by atoms with van der Waals surface area (Å²) in [6, 6.07) is 10.7. The molecule has 3 rings (SSSR count). The molecule has 7 nitrogen and oxygen atoms in total. The van der Waals surface area contributed by atoms with Crippen molar-refractivity contribution in [3.8, 4) is 0 Å². The van der Waals surface area contributed by atoms with Gasteiger partial charge in [-0.2, -0.15) is 0 Å².